The second-order valence-corrected chi connectivity index (χ2v) is 8.29. The van der Waals surface area contributed by atoms with Crippen molar-refractivity contribution in [1.82, 2.24) is 25.3 Å². The largest absolute Gasteiger partial charge is 1.00 e. The Morgan fingerprint density at radius 3 is 2.18 bits per heavy atom. The number of aromatic nitrogens is 4. The van der Waals surface area contributed by atoms with Crippen LogP contribution in [-0.4, -0.2) is 58.4 Å². The first-order valence-electron chi connectivity index (χ1n) is 10.8. The SMILES string of the molecule is C[O-].FC(F)(F)c1ccc(-c2cc3c(N4CC5CCC(C4)N5)ncnc3[nH]2)cn1.FC1CC1.[K+]. The van der Waals surface area contributed by atoms with Gasteiger partial charge < -0.3 is 20.3 Å². The molecule has 1 aliphatic carbocycles. The maximum Gasteiger partial charge on any atom is 1.00 e. The number of nitrogens with one attached hydrogen (secondary N) is 2. The summed E-state index contributed by atoms with van der Waals surface area (Å²) in [5.74, 6) is 0.862. The summed E-state index contributed by atoms with van der Waals surface area (Å²) < 4.78 is 49.3. The van der Waals surface area contributed by atoms with Gasteiger partial charge in [0.15, 0.2) is 0 Å². The Hall–Kier alpha value is -1.15. The Labute approximate surface area is 237 Å². The Kier molecular flexibility index (Phi) is 9.46. The molecule has 3 fully saturated rings. The normalized spacial score (nSPS) is 21.2. The van der Waals surface area contributed by atoms with Crippen molar-refractivity contribution in [3.8, 4) is 11.3 Å². The molecule has 2 atom stereocenters. The van der Waals surface area contributed by atoms with Crippen molar-refractivity contribution in [2.45, 2.75) is 50.1 Å². The van der Waals surface area contributed by atoms with Gasteiger partial charge in [-0.25, -0.2) is 14.4 Å². The number of hydrogen-bond acceptors (Lipinski definition) is 6. The fraction of sp³-hybridized carbons (Fsp3) is 0.500. The number of hydrogen-bond donors (Lipinski definition) is 2. The summed E-state index contributed by atoms with van der Waals surface area (Å²) >= 11 is 0. The first-order chi connectivity index (χ1) is 15.9. The van der Waals surface area contributed by atoms with Gasteiger partial charge in [0.25, 0.3) is 0 Å². The van der Waals surface area contributed by atoms with Crippen molar-refractivity contribution < 1.29 is 74.1 Å². The van der Waals surface area contributed by atoms with Crippen LogP contribution in [-0.2, 0) is 6.18 Å². The Balaban J connectivity index is 0.000000413. The van der Waals surface area contributed by atoms with Gasteiger partial charge >= 0.3 is 57.6 Å². The molecular weight excluding hydrogens is 479 g/mol. The topological polar surface area (TPSA) is 92.8 Å². The minimum Gasteiger partial charge on any atom is -0.857 e. The van der Waals surface area contributed by atoms with E-state index < -0.39 is 18.0 Å². The summed E-state index contributed by atoms with van der Waals surface area (Å²) in [4.78, 5) is 17.7. The summed E-state index contributed by atoms with van der Waals surface area (Å²) in [6.07, 6.45) is 1.87. The third-order valence-electron chi connectivity index (χ3n) is 5.79. The molecule has 0 radical (unpaired) electrons. The van der Waals surface area contributed by atoms with Gasteiger partial charge in [0.1, 0.15) is 29.7 Å². The van der Waals surface area contributed by atoms with E-state index in [1.165, 1.54) is 31.4 Å². The first-order valence-corrected chi connectivity index (χ1v) is 10.8. The van der Waals surface area contributed by atoms with Crippen LogP contribution in [0.15, 0.2) is 30.7 Å². The summed E-state index contributed by atoms with van der Waals surface area (Å²) in [6.45, 7) is 1.79. The monoisotopic (exact) mass is 504 g/mol. The van der Waals surface area contributed by atoms with Crippen molar-refractivity contribution in [1.29, 1.82) is 0 Å². The molecule has 3 aromatic rings. The third-order valence-corrected chi connectivity index (χ3v) is 5.79. The zero-order chi connectivity index (χ0) is 23.6. The number of alkyl halides is 4. The predicted molar refractivity (Wildman–Crippen MR) is 114 cm³/mol. The van der Waals surface area contributed by atoms with Crippen molar-refractivity contribution in [3.05, 3.63) is 36.4 Å². The van der Waals surface area contributed by atoms with Gasteiger partial charge in [-0.05, 0) is 43.9 Å². The minimum absolute atomic E-state index is 0. The van der Waals surface area contributed by atoms with E-state index in [0.717, 1.165) is 50.3 Å². The van der Waals surface area contributed by atoms with E-state index in [1.54, 1.807) is 0 Å². The average molecular weight is 505 g/mol. The summed E-state index contributed by atoms with van der Waals surface area (Å²) in [5.41, 5.74) is 1.01. The fourth-order valence-corrected chi connectivity index (χ4v) is 4.09. The molecule has 2 unspecified atom stereocenters. The maximum atomic E-state index is 12.7. The molecule has 2 saturated heterocycles. The van der Waals surface area contributed by atoms with Crippen molar-refractivity contribution in [2.24, 2.45) is 0 Å². The zero-order valence-corrected chi connectivity index (χ0v) is 22.2. The molecule has 2 bridgehead atoms. The van der Waals surface area contributed by atoms with E-state index >= 15 is 0 Å². The van der Waals surface area contributed by atoms with Crippen LogP contribution in [0.2, 0.25) is 0 Å². The maximum absolute atomic E-state index is 12.7. The number of H-pyrrole nitrogens is 1. The number of anilines is 1. The quantitative estimate of drug-likeness (QED) is 0.379. The molecule has 0 aromatic carbocycles. The molecule has 0 spiro atoms. The van der Waals surface area contributed by atoms with E-state index in [0.29, 0.717) is 29.0 Å². The molecule has 34 heavy (non-hydrogen) atoms. The Bertz CT molecular complexity index is 1060. The Morgan fingerprint density at radius 2 is 1.65 bits per heavy atom. The first kappa shape index (κ1) is 27.4. The zero-order valence-electron chi connectivity index (χ0n) is 19.1. The molecule has 7 nitrogen and oxygen atoms in total. The minimum atomic E-state index is -4.45. The van der Waals surface area contributed by atoms with Gasteiger partial charge in [-0.2, -0.15) is 20.3 Å². The summed E-state index contributed by atoms with van der Waals surface area (Å²) in [6, 6.07) is 5.25. The predicted octanol–water partition coefficient (Wildman–Crippen LogP) is 0.0781. The number of pyridine rings is 1. The molecule has 2 N–H and O–H groups in total. The standard InChI is InChI=1S/C18H17F3N6.C3H5F.CH3O.K/c19-18(20,21)15-4-1-10(6-22-15)14-5-13-16(26-14)23-9-24-17(13)27-7-11-2-3-12(8-27)25-11;4-3-1-2-3;1-2;/h1,4-6,9,11-12,25H,2-3,7-8H2,(H,23,24,26);3H,1-2H2;1H3;/q;;-1;+1. The third kappa shape index (κ3) is 6.53. The van der Waals surface area contributed by atoms with E-state index in [-0.39, 0.29) is 51.4 Å². The number of fused-ring (bicyclic) bond motifs is 3. The van der Waals surface area contributed by atoms with Gasteiger partial charge in [0, 0.05) is 42.6 Å². The van der Waals surface area contributed by atoms with Gasteiger partial charge in [-0.3, -0.25) is 4.98 Å². The number of rotatable bonds is 2. The molecule has 1 saturated carbocycles. The molecule has 178 valence electrons. The Morgan fingerprint density at radius 1 is 1.00 bits per heavy atom. The van der Waals surface area contributed by atoms with Gasteiger partial charge in [0.2, 0.25) is 0 Å². The number of nitrogens with zero attached hydrogens (tertiary/aromatic N) is 4. The van der Waals surface area contributed by atoms with Crippen LogP contribution in [0, 0.1) is 0 Å². The van der Waals surface area contributed by atoms with Crippen LogP contribution in [0.3, 0.4) is 0 Å². The molecular formula is C22H25F4KN6O. The molecule has 3 aromatic heterocycles. The molecule has 2 aliphatic heterocycles. The summed E-state index contributed by atoms with van der Waals surface area (Å²) in [5, 5.41) is 12.7. The van der Waals surface area contributed by atoms with Crippen LogP contribution in [0.4, 0.5) is 23.4 Å². The van der Waals surface area contributed by atoms with Crippen LogP contribution >= 0.6 is 0 Å². The van der Waals surface area contributed by atoms with Crippen molar-refractivity contribution in [2.75, 3.05) is 25.1 Å². The van der Waals surface area contributed by atoms with Crippen LogP contribution < -0.4 is 66.7 Å². The van der Waals surface area contributed by atoms with E-state index in [1.807, 2.05) is 6.07 Å². The number of piperazine rings is 1. The van der Waals surface area contributed by atoms with E-state index in [4.69, 9.17) is 5.11 Å². The number of halogens is 4. The molecule has 6 rings (SSSR count). The van der Waals surface area contributed by atoms with Crippen molar-refractivity contribution >= 4 is 16.9 Å². The molecule has 3 aliphatic rings. The van der Waals surface area contributed by atoms with Crippen LogP contribution in [0.1, 0.15) is 31.4 Å². The van der Waals surface area contributed by atoms with Gasteiger partial charge in [0.05, 0.1) is 5.39 Å². The van der Waals surface area contributed by atoms with Crippen LogP contribution in [0.25, 0.3) is 22.3 Å². The van der Waals surface area contributed by atoms with Gasteiger partial charge in [-0.1, -0.05) is 0 Å². The van der Waals surface area contributed by atoms with E-state index in [2.05, 4.69) is 30.2 Å². The van der Waals surface area contributed by atoms with Crippen molar-refractivity contribution in [3.63, 3.8) is 0 Å². The second-order valence-electron chi connectivity index (χ2n) is 8.29. The molecule has 12 heteroatoms. The number of aromatic amines is 1. The summed E-state index contributed by atoms with van der Waals surface area (Å²) in [7, 11) is 0.750. The average Bonchev–Trinajstić information content (AvgIpc) is 3.35. The van der Waals surface area contributed by atoms with Crippen LogP contribution in [0.5, 0.6) is 0 Å². The van der Waals surface area contributed by atoms with Gasteiger partial charge in [-0.15, -0.1) is 0 Å². The molecule has 0 amide bonds. The second kappa shape index (κ2) is 11.7. The molecule has 5 heterocycles. The fourth-order valence-electron chi connectivity index (χ4n) is 4.09. The van der Waals surface area contributed by atoms with E-state index in [9.17, 15) is 17.6 Å². The smallest absolute Gasteiger partial charge is 0.857 e.